The lowest BCUT2D eigenvalue weighted by Gasteiger charge is -2.37. The number of halogens is 1. The fraction of sp³-hybridized carbons (Fsp3) is 0.391. The Morgan fingerprint density at radius 2 is 1.86 bits per heavy atom. The molecule has 2 aliphatic rings. The number of benzene rings is 1. The third-order valence-electron chi connectivity index (χ3n) is 6.19. The first-order chi connectivity index (χ1) is 16.8. The van der Waals surface area contributed by atoms with Gasteiger partial charge in [0.15, 0.2) is 5.82 Å². The Morgan fingerprint density at radius 1 is 1.09 bits per heavy atom. The van der Waals surface area contributed by atoms with E-state index < -0.39 is 5.82 Å². The number of carbonyl (C=O) groups is 1. The third kappa shape index (κ3) is 4.47. The van der Waals surface area contributed by atoms with E-state index >= 15 is 0 Å². The smallest absolute Gasteiger partial charge is 0.337 e. The fourth-order valence-electron chi connectivity index (χ4n) is 4.46. The number of amides is 2. The largest absolute Gasteiger partial charge is 0.341 e. The normalized spacial score (nSPS) is 17.9. The Bertz CT molecular complexity index is 1280. The van der Waals surface area contributed by atoms with Crippen LogP contribution < -0.4 is 10.4 Å². The maximum atomic E-state index is 13.9. The number of aryl methyl sites for hydroxylation is 3. The zero-order valence-electron chi connectivity index (χ0n) is 19.9. The minimum Gasteiger partial charge on any atom is -0.337 e. The molecule has 35 heavy (non-hydrogen) atoms. The van der Waals surface area contributed by atoms with Crippen LogP contribution >= 0.6 is 0 Å². The molecule has 10 nitrogen and oxygen atoms in total. The van der Waals surface area contributed by atoms with Gasteiger partial charge in [-0.2, -0.15) is 14.8 Å². The van der Waals surface area contributed by atoms with Gasteiger partial charge in [-0.1, -0.05) is 11.5 Å². The van der Waals surface area contributed by atoms with Crippen molar-refractivity contribution >= 4 is 31.5 Å². The molecule has 4 heterocycles. The van der Waals surface area contributed by atoms with Crippen molar-refractivity contribution in [1.82, 2.24) is 34.6 Å². The van der Waals surface area contributed by atoms with Gasteiger partial charge in [-0.15, -0.1) is 5.10 Å². The van der Waals surface area contributed by atoms with Crippen LogP contribution in [0.4, 0.5) is 15.1 Å². The lowest BCUT2D eigenvalue weighted by molar-refractivity contribution is 0.139. The molecule has 1 unspecified atom stereocenters. The number of piperazine rings is 1. The van der Waals surface area contributed by atoms with Crippen molar-refractivity contribution in [1.29, 1.82) is 0 Å². The molecule has 2 amide bonds. The molecular formula is C23H25BFN9O. The lowest BCUT2D eigenvalue weighted by Crippen LogP contribution is -2.52. The van der Waals surface area contributed by atoms with Crippen LogP contribution in [-0.2, 0) is 0 Å². The molecule has 2 aliphatic heterocycles. The summed E-state index contributed by atoms with van der Waals surface area (Å²) >= 11 is 0. The lowest BCUT2D eigenvalue weighted by atomic mass is 9.91. The number of hydrogen-bond donors (Lipinski definition) is 0. The summed E-state index contributed by atoms with van der Waals surface area (Å²) in [5, 5.41) is 10.1. The van der Waals surface area contributed by atoms with Crippen molar-refractivity contribution in [3.63, 3.8) is 0 Å². The second kappa shape index (κ2) is 9.08. The van der Waals surface area contributed by atoms with Crippen molar-refractivity contribution in [2.45, 2.75) is 33.2 Å². The minimum atomic E-state index is -0.429. The second-order valence-corrected chi connectivity index (χ2v) is 8.76. The van der Waals surface area contributed by atoms with Gasteiger partial charge in [-0.3, -0.25) is 0 Å². The molecule has 5 rings (SSSR count). The standard InChI is InChI=1S/C23H25BFN9O/c1-14-13-26-22(29-21(14)33-16(3)28-15(2)30-33)31-6-8-32(9-7-31)23(35)34-20(4-5-27-34)17-10-18(24)12-19(25)11-17/h5,10-13,20H,4,6-9H2,1-3H3. The topological polar surface area (TPSA) is 95.6 Å². The quantitative estimate of drug-likeness (QED) is 0.537. The van der Waals surface area contributed by atoms with Crippen LogP contribution in [0.1, 0.15) is 35.2 Å². The number of rotatable bonds is 3. The van der Waals surface area contributed by atoms with Gasteiger partial charge in [0, 0.05) is 50.6 Å². The Balaban J connectivity index is 1.28. The van der Waals surface area contributed by atoms with Gasteiger partial charge in [0.25, 0.3) is 0 Å². The monoisotopic (exact) mass is 473 g/mol. The van der Waals surface area contributed by atoms with Crippen LogP contribution in [0.15, 0.2) is 29.5 Å². The Hall–Kier alpha value is -3.83. The first-order valence-electron chi connectivity index (χ1n) is 11.5. The summed E-state index contributed by atoms with van der Waals surface area (Å²) in [7, 11) is 5.81. The van der Waals surface area contributed by atoms with Crippen molar-refractivity contribution < 1.29 is 9.18 Å². The van der Waals surface area contributed by atoms with Crippen molar-refractivity contribution in [3.05, 3.63) is 53.0 Å². The highest BCUT2D eigenvalue weighted by Crippen LogP contribution is 2.29. The molecule has 2 radical (unpaired) electrons. The van der Waals surface area contributed by atoms with Crippen LogP contribution in [0, 0.1) is 26.6 Å². The summed E-state index contributed by atoms with van der Waals surface area (Å²) in [6.07, 6.45) is 3.96. The fourth-order valence-corrected chi connectivity index (χ4v) is 4.46. The first-order valence-corrected chi connectivity index (χ1v) is 11.5. The predicted molar refractivity (Wildman–Crippen MR) is 130 cm³/mol. The number of aromatic nitrogens is 5. The van der Waals surface area contributed by atoms with Crippen LogP contribution in [0.25, 0.3) is 5.82 Å². The minimum absolute atomic E-state index is 0.217. The van der Waals surface area contributed by atoms with Crippen LogP contribution in [-0.4, -0.2) is 80.9 Å². The van der Waals surface area contributed by atoms with E-state index in [0.29, 0.717) is 61.2 Å². The van der Waals surface area contributed by atoms with Crippen molar-refractivity contribution in [2.24, 2.45) is 5.10 Å². The van der Waals surface area contributed by atoms with Gasteiger partial charge >= 0.3 is 6.03 Å². The highest BCUT2D eigenvalue weighted by atomic mass is 19.1. The third-order valence-corrected chi connectivity index (χ3v) is 6.19. The molecule has 0 spiro atoms. The zero-order valence-corrected chi connectivity index (χ0v) is 19.9. The Kier molecular flexibility index (Phi) is 5.95. The maximum absolute atomic E-state index is 13.9. The number of anilines is 1. The summed E-state index contributed by atoms with van der Waals surface area (Å²) in [4.78, 5) is 30.7. The van der Waals surface area contributed by atoms with Crippen LogP contribution in [0.3, 0.4) is 0 Å². The summed E-state index contributed by atoms with van der Waals surface area (Å²) < 4.78 is 15.6. The number of hydrazone groups is 1. The summed E-state index contributed by atoms with van der Waals surface area (Å²) in [5.74, 6) is 2.28. The van der Waals surface area contributed by atoms with E-state index in [2.05, 4.69) is 20.2 Å². The molecule has 1 saturated heterocycles. The molecule has 12 heteroatoms. The zero-order chi connectivity index (χ0) is 24.7. The van der Waals surface area contributed by atoms with Gasteiger partial charge in [-0.05, 0) is 38.5 Å². The number of hydrogen-bond acceptors (Lipinski definition) is 7. The maximum Gasteiger partial charge on any atom is 0.341 e. The molecule has 2 aromatic heterocycles. The Morgan fingerprint density at radius 3 is 2.54 bits per heavy atom. The van der Waals surface area contributed by atoms with E-state index in [1.165, 1.54) is 17.1 Å². The predicted octanol–water partition coefficient (Wildman–Crippen LogP) is 1.59. The van der Waals surface area contributed by atoms with Crippen molar-refractivity contribution in [2.75, 3.05) is 31.1 Å². The highest BCUT2D eigenvalue weighted by Gasteiger charge is 2.33. The molecule has 3 aromatic rings. The molecule has 0 bridgehead atoms. The molecule has 0 saturated carbocycles. The number of nitrogens with zero attached hydrogens (tertiary/aromatic N) is 9. The van der Waals surface area contributed by atoms with Gasteiger partial charge in [0.05, 0.1) is 6.04 Å². The highest BCUT2D eigenvalue weighted by molar-refractivity contribution is 6.32. The van der Waals surface area contributed by atoms with E-state index in [1.54, 1.807) is 28.1 Å². The van der Waals surface area contributed by atoms with Crippen LogP contribution in [0.2, 0.25) is 0 Å². The number of urea groups is 1. The average Bonchev–Trinajstić information content (AvgIpc) is 3.44. The molecule has 1 fully saturated rings. The van der Waals surface area contributed by atoms with E-state index in [9.17, 15) is 9.18 Å². The second-order valence-electron chi connectivity index (χ2n) is 8.76. The summed E-state index contributed by atoms with van der Waals surface area (Å²) in [5.41, 5.74) is 1.85. The van der Waals surface area contributed by atoms with Gasteiger partial charge in [0.1, 0.15) is 25.3 Å². The average molecular weight is 473 g/mol. The summed E-state index contributed by atoms with van der Waals surface area (Å²) in [6.45, 7) is 7.77. The van der Waals surface area contributed by atoms with E-state index in [0.717, 1.165) is 11.4 Å². The van der Waals surface area contributed by atoms with Gasteiger partial charge in [0.2, 0.25) is 5.95 Å². The number of carbonyl (C=O) groups excluding carboxylic acids is 1. The summed E-state index contributed by atoms with van der Waals surface area (Å²) in [6, 6.07) is 3.75. The van der Waals surface area contributed by atoms with Crippen LogP contribution in [0.5, 0.6) is 0 Å². The van der Waals surface area contributed by atoms with Gasteiger partial charge in [-0.25, -0.2) is 24.2 Å². The van der Waals surface area contributed by atoms with E-state index in [4.69, 9.17) is 12.8 Å². The molecule has 0 N–H and O–H groups in total. The molecule has 178 valence electrons. The molecule has 1 atom stereocenters. The first kappa shape index (κ1) is 22.9. The molecular weight excluding hydrogens is 448 g/mol. The SMILES string of the molecule is [B]c1cc(F)cc(C2CC=NN2C(=O)N2CCN(c3ncc(C)c(-n4nc(C)nc4C)n3)CC2)c1. The van der Waals surface area contributed by atoms with Gasteiger partial charge < -0.3 is 9.80 Å². The molecule has 1 aromatic carbocycles. The van der Waals surface area contributed by atoms with E-state index in [-0.39, 0.29) is 12.1 Å². The molecule has 0 aliphatic carbocycles. The Labute approximate surface area is 203 Å². The van der Waals surface area contributed by atoms with Crippen molar-refractivity contribution in [3.8, 4) is 5.82 Å². The van der Waals surface area contributed by atoms with E-state index in [1.807, 2.05) is 25.7 Å².